The summed E-state index contributed by atoms with van der Waals surface area (Å²) in [6.07, 6.45) is 0. The molecule has 5 heteroatoms. The summed E-state index contributed by atoms with van der Waals surface area (Å²) in [6, 6.07) is 4.59. The molecule has 0 amide bonds. The van der Waals surface area contributed by atoms with E-state index in [1.54, 1.807) is 12.1 Å². The number of anilines is 1. The Morgan fingerprint density at radius 1 is 1.37 bits per heavy atom. The lowest BCUT2D eigenvalue weighted by Gasteiger charge is -2.19. The van der Waals surface area contributed by atoms with Crippen molar-refractivity contribution in [2.75, 3.05) is 26.1 Å². The van der Waals surface area contributed by atoms with Gasteiger partial charge in [0, 0.05) is 18.3 Å². The van der Waals surface area contributed by atoms with Gasteiger partial charge in [0.1, 0.15) is 0 Å². The fourth-order valence-corrected chi connectivity index (χ4v) is 1.75. The third-order valence-corrected chi connectivity index (χ3v) is 2.99. The highest BCUT2D eigenvalue weighted by Crippen LogP contribution is 2.21. The predicted molar refractivity (Wildman–Crippen MR) is 71.8 cm³/mol. The van der Waals surface area contributed by atoms with Gasteiger partial charge in [0.05, 0.1) is 20.1 Å². The first-order chi connectivity index (χ1) is 8.99. The number of esters is 1. The third kappa shape index (κ3) is 4.12. The van der Waals surface area contributed by atoms with Crippen LogP contribution in [0.2, 0.25) is 0 Å². The van der Waals surface area contributed by atoms with Crippen LogP contribution in [0.3, 0.4) is 0 Å². The fourth-order valence-electron chi connectivity index (χ4n) is 1.75. The number of rotatable bonds is 6. The molecule has 0 fully saturated rings. The molecule has 0 radical (unpaired) electrons. The van der Waals surface area contributed by atoms with Crippen LogP contribution in [0, 0.1) is 17.7 Å². The van der Waals surface area contributed by atoms with E-state index in [4.69, 9.17) is 9.47 Å². The average molecular weight is 269 g/mol. The van der Waals surface area contributed by atoms with Crippen molar-refractivity contribution < 1.29 is 18.7 Å². The van der Waals surface area contributed by atoms with Gasteiger partial charge in [0.25, 0.3) is 0 Å². The van der Waals surface area contributed by atoms with E-state index in [0.29, 0.717) is 12.2 Å². The SMILES string of the molecule is COC(=O)C(CNc1ccc(OC)c(F)c1)C(C)C. The standard InChI is InChI=1S/C14H20FNO3/c1-9(2)11(14(17)19-4)8-16-10-5-6-13(18-3)12(15)7-10/h5-7,9,11,16H,8H2,1-4H3. The van der Waals surface area contributed by atoms with Gasteiger partial charge < -0.3 is 14.8 Å². The van der Waals surface area contributed by atoms with Crippen LogP contribution in [0.25, 0.3) is 0 Å². The summed E-state index contributed by atoms with van der Waals surface area (Å²) in [5.41, 5.74) is 0.604. The molecule has 0 aromatic heterocycles. The zero-order valence-electron chi connectivity index (χ0n) is 11.7. The van der Waals surface area contributed by atoms with Gasteiger partial charge in [0.15, 0.2) is 11.6 Å². The second kappa shape index (κ2) is 6.97. The van der Waals surface area contributed by atoms with Crippen LogP contribution in [0.1, 0.15) is 13.8 Å². The minimum atomic E-state index is -0.438. The number of hydrogen-bond donors (Lipinski definition) is 1. The van der Waals surface area contributed by atoms with Gasteiger partial charge in [-0.05, 0) is 18.1 Å². The van der Waals surface area contributed by atoms with Crippen LogP contribution in [0.4, 0.5) is 10.1 Å². The van der Waals surface area contributed by atoms with Crippen molar-refractivity contribution in [3.63, 3.8) is 0 Å². The lowest BCUT2D eigenvalue weighted by molar-refractivity contribution is -0.146. The van der Waals surface area contributed by atoms with Crippen molar-refractivity contribution in [2.45, 2.75) is 13.8 Å². The molecule has 1 rings (SSSR count). The number of carbonyl (C=O) groups excluding carboxylic acids is 1. The molecule has 0 aliphatic rings. The lowest BCUT2D eigenvalue weighted by atomic mass is 9.96. The van der Waals surface area contributed by atoms with E-state index in [2.05, 4.69) is 5.32 Å². The molecule has 19 heavy (non-hydrogen) atoms. The molecule has 0 bridgehead atoms. The van der Waals surface area contributed by atoms with Crippen LogP contribution in [-0.4, -0.2) is 26.7 Å². The van der Waals surface area contributed by atoms with Gasteiger partial charge in [-0.25, -0.2) is 4.39 Å². The van der Waals surface area contributed by atoms with E-state index < -0.39 is 5.82 Å². The monoisotopic (exact) mass is 269 g/mol. The Morgan fingerprint density at radius 3 is 2.53 bits per heavy atom. The lowest BCUT2D eigenvalue weighted by Crippen LogP contribution is -2.28. The van der Waals surface area contributed by atoms with Gasteiger partial charge in [-0.1, -0.05) is 13.8 Å². The van der Waals surface area contributed by atoms with E-state index >= 15 is 0 Å². The molecule has 0 saturated carbocycles. The first kappa shape index (κ1) is 15.3. The van der Waals surface area contributed by atoms with Crippen LogP contribution in [0.15, 0.2) is 18.2 Å². The highest BCUT2D eigenvalue weighted by Gasteiger charge is 2.22. The predicted octanol–water partition coefficient (Wildman–Crippen LogP) is 2.69. The largest absolute Gasteiger partial charge is 0.494 e. The minimum Gasteiger partial charge on any atom is -0.494 e. The molecule has 0 aliphatic heterocycles. The van der Waals surface area contributed by atoms with Crippen molar-refractivity contribution in [3.8, 4) is 5.75 Å². The average Bonchev–Trinajstić information content (AvgIpc) is 2.38. The van der Waals surface area contributed by atoms with E-state index in [-0.39, 0.29) is 23.6 Å². The highest BCUT2D eigenvalue weighted by molar-refractivity contribution is 5.73. The van der Waals surface area contributed by atoms with Gasteiger partial charge in [-0.2, -0.15) is 0 Å². The third-order valence-electron chi connectivity index (χ3n) is 2.99. The Hall–Kier alpha value is -1.78. The summed E-state index contributed by atoms with van der Waals surface area (Å²) in [4.78, 5) is 11.6. The molecule has 0 aliphatic carbocycles. The minimum absolute atomic E-state index is 0.142. The second-order valence-electron chi connectivity index (χ2n) is 4.60. The number of carbonyl (C=O) groups is 1. The summed E-state index contributed by atoms with van der Waals surface area (Å²) < 4.78 is 23.1. The van der Waals surface area contributed by atoms with Crippen molar-refractivity contribution in [2.24, 2.45) is 11.8 Å². The van der Waals surface area contributed by atoms with Crippen molar-refractivity contribution in [3.05, 3.63) is 24.0 Å². The van der Waals surface area contributed by atoms with Crippen molar-refractivity contribution in [1.82, 2.24) is 0 Å². The topological polar surface area (TPSA) is 47.6 Å². The maximum atomic E-state index is 13.5. The van der Waals surface area contributed by atoms with Gasteiger partial charge >= 0.3 is 5.97 Å². The van der Waals surface area contributed by atoms with Gasteiger partial charge in [-0.3, -0.25) is 4.79 Å². The zero-order chi connectivity index (χ0) is 14.4. The van der Waals surface area contributed by atoms with E-state index in [1.807, 2.05) is 13.8 Å². The molecular formula is C14H20FNO3. The van der Waals surface area contributed by atoms with E-state index in [0.717, 1.165) is 0 Å². The Kier molecular flexibility index (Phi) is 5.60. The maximum absolute atomic E-state index is 13.5. The Balaban J connectivity index is 2.69. The van der Waals surface area contributed by atoms with Crippen LogP contribution >= 0.6 is 0 Å². The number of methoxy groups -OCH3 is 2. The Bertz CT molecular complexity index is 435. The first-order valence-electron chi connectivity index (χ1n) is 6.14. The summed E-state index contributed by atoms with van der Waals surface area (Å²) >= 11 is 0. The number of hydrogen-bond acceptors (Lipinski definition) is 4. The van der Waals surface area contributed by atoms with Gasteiger partial charge in [-0.15, -0.1) is 0 Å². The molecule has 106 valence electrons. The molecular weight excluding hydrogens is 249 g/mol. The van der Waals surface area contributed by atoms with Crippen LogP contribution in [0.5, 0.6) is 5.75 Å². The smallest absolute Gasteiger partial charge is 0.310 e. The molecule has 1 aromatic rings. The molecule has 1 N–H and O–H groups in total. The molecule has 4 nitrogen and oxygen atoms in total. The normalized spacial score (nSPS) is 12.1. The molecule has 1 aromatic carbocycles. The number of nitrogens with one attached hydrogen (secondary N) is 1. The van der Waals surface area contributed by atoms with Gasteiger partial charge in [0.2, 0.25) is 0 Å². The van der Waals surface area contributed by atoms with Crippen molar-refractivity contribution in [1.29, 1.82) is 0 Å². The number of ether oxygens (including phenoxy) is 2. The van der Waals surface area contributed by atoms with Crippen LogP contribution < -0.4 is 10.1 Å². The molecule has 1 unspecified atom stereocenters. The maximum Gasteiger partial charge on any atom is 0.310 e. The molecule has 0 heterocycles. The number of halogens is 1. The second-order valence-corrected chi connectivity index (χ2v) is 4.60. The summed E-state index contributed by atoms with van der Waals surface area (Å²) in [5, 5.41) is 3.04. The van der Waals surface area contributed by atoms with E-state index in [9.17, 15) is 9.18 Å². The summed E-state index contributed by atoms with van der Waals surface area (Å²) in [7, 11) is 2.78. The molecule has 0 saturated heterocycles. The first-order valence-corrected chi connectivity index (χ1v) is 6.14. The zero-order valence-corrected chi connectivity index (χ0v) is 11.7. The molecule has 1 atom stereocenters. The van der Waals surface area contributed by atoms with Crippen molar-refractivity contribution >= 4 is 11.7 Å². The summed E-state index contributed by atoms with van der Waals surface area (Å²) in [5.74, 6) is -0.639. The Labute approximate surface area is 112 Å². The summed E-state index contributed by atoms with van der Waals surface area (Å²) in [6.45, 7) is 4.28. The highest BCUT2D eigenvalue weighted by atomic mass is 19.1. The Morgan fingerprint density at radius 2 is 2.05 bits per heavy atom. The van der Waals surface area contributed by atoms with Crippen LogP contribution in [-0.2, 0) is 9.53 Å². The fraction of sp³-hybridized carbons (Fsp3) is 0.500. The quantitative estimate of drug-likeness (QED) is 0.807. The number of benzene rings is 1. The van der Waals surface area contributed by atoms with E-state index in [1.165, 1.54) is 20.3 Å². The molecule has 0 spiro atoms.